The van der Waals surface area contributed by atoms with E-state index in [1.165, 1.54) is 4.31 Å². The van der Waals surface area contributed by atoms with Crippen LogP contribution in [0, 0.1) is 0 Å². The first-order chi connectivity index (χ1) is 7.98. The topological polar surface area (TPSA) is 57.6 Å². The maximum Gasteiger partial charge on any atom is 0.232 e. The predicted molar refractivity (Wildman–Crippen MR) is 69.7 cm³/mol. The van der Waals surface area contributed by atoms with Crippen molar-refractivity contribution in [3.8, 4) is 0 Å². The van der Waals surface area contributed by atoms with Gasteiger partial charge in [0.15, 0.2) is 0 Å². The second-order valence-corrected chi connectivity index (χ2v) is 5.69. The Hall–Kier alpha value is -1.07. The van der Waals surface area contributed by atoms with Crippen LogP contribution in [0.4, 0.5) is 5.69 Å². The summed E-state index contributed by atoms with van der Waals surface area (Å²) in [5, 5.41) is 9.58. The van der Waals surface area contributed by atoms with Crippen molar-refractivity contribution in [2.75, 3.05) is 17.1 Å². The summed E-state index contributed by atoms with van der Waals surface area (Å²) in [6.07, 6.45) is 1.05. The van der Waals surface area contributed by atoms with Gasteiger partial charge in [0.05, 0.1) is 24.6 Å². The van der Waals surface area contributed by atoms with Crippen molar-refractivity contribution >= 4 is 15.7 Å². The quantitative estimate of drug-likeness (QED) is 0.827. The van der Waals surface area contributed by atoms with Gasteiger partial charge in [-0.3, -0.25) is 4.31 Å². The number of aliphatic hydroxyl groups is 1. The Morgan fingerprint density at radius 1 is 1.29 bits per heavy atom. The number of hydrogen-bond acceptors (Lipinski definition) is 3. The normalized spacial score (nSPS) is 19.1. The van der Waals surface area contributed by atoms with Crippen molar-refractivity contribution in [3.63, 3.8) is 0 Å². The molecule has 2 rings (SSSR count). The Labute approximate surface area is 103 Å². The minimum Gasteiger partial charge on any atom is -0.391 e. The van der Waals surface area contributed by atoms with Crippen molar-refractivity contribution in [2.45, 2.75) is 26.4 Å². The second kappa shape index (κ2) is 5.51. The van der Waals surface area contributed by atoms with E-state index in [1.54, 1.807) is 12.1 Å². The molecule has 4 nitrogen and oxygen atoms in total. The highest BCUT2D eigenvalue weighted by atomic mass is 32.2. The highest BCUT2D eigenvalue weighted by molar-refractivity contribution is 7.92. The van der Waals surface area contributed by atoms with E-state index in [0.717, 1.165) is 11.8 Å². The Morgan fingerprint density at radius 3 is 2.47 bits per heavy atom. The van der Waals surface area contributed by atoms with Crippen LogP contribution in [0.25, 0.3) is 0 Å². The predicted octanol–water partition coefficient (Wildman–Crippen LogP) is 1.40. The van der Waals surface area contributed by atoms with E-state index in [-0.39, 0.29) is 6.54 Å². The molecular weight excluding hydrogens is 238 g/mol. The third-order valence-electron chi connectivity index (χ3n) is 2.49. The smallest absolute Gasteiger partial charge is 0.232 e. The molecule has 0 unspecified atom stereocenters. The van der Waals surface area contributed by atoms with Gasteiger partial charge in [-0.2, -0.15) is 0 Å². The standard InChI is InChI=1S/C10H13NO3S.C2H6/c1-15(13,14)11-7-9(12)6-8-4-2-3-5-10(8)11;1-2/h2-5,9,12H,6-7H2,1H3;1-2H3/t9-;/m1./s1. The van der Waals surface area contributed by atoms with Crippen molar-refractivity contribution < 1.29 is 13.5 Å². The summed E-state index contributed by atoms with van der Waals surface area (Å²) in [7, 11) is -3.30. The number of sulfonamides is 1. The largest absolute Gasteiger partial charge is 0.391 e. The molecule has 1 N–H and O–H groups in total. The van der Waals surface area contributed by atoms with Crippen molar-refractivity contribution in [2.24, 2.45) is 0 Å². The van der Waals surface area contributed by atoms with Gasteiger partial charge in [0.1, 0.15) is 0 Å². The third-order valence-corrected chi connectivity index (χ3v) is 3.64. The van der Waals surface area contributed by atoms with Gasteiger partial charge in [0.25, 0.3) is 0 Å². The Kier molecular flexibility index (Phi) is 4.54. The van der Waals surface area contributed by atoms with Crippen molar-refractivity contribution in [1.82, 2.24) is 0 Å². The molecule has 1 aromatic carbocycles. The average molecular weight is 257 g/mol. The van der Waals surface area contributed by atoms with Gasteiger partial charge in [0.2, 0.25) is 10.0 Å². The number of fused-ring (bicyclic) bond motifs is 1. The molecule has 0 spiro atoms. The molecule has 1 aliphatic rings. The van der Waals surface area contributed by atoms with E-state index in [0.29, 0.717) is 12.1 Å². The molecule has 0 amide bonds. The number of rotatable bonds is 1. The molecule has 0 bridgehead atoms. The van der Waals surface area contributed by atoms with E-state index in [4.69, 9.17) is 0 Å². The summed E-state index contributed by atoms with van der Waals surface area (Å²) >= 11 is 0. The molecule has 0 saturated heterocycles. The molecule has 5 heteroatoms. The zero-order valence-corrected chi connectivity index (χ0v) is 11.2. The van der Waals surface area contributed by atoms with Crippen LogP contribution in [0.5, 0.6) is 0 Å². The van der Waals surface area contributed by atoms with Gasteiger partial charge >= 0.3 is 0 Å². The fourth-order valence-corrected chi connectivity index (χ4v) is 2.83. The summed E-state index contributed by atoms with van der Waals surface area (Å²) in [5.74, 6) is 0. The van der Waals surface area contributed by atoms with Gasteiger partial charge in [-0.1, -0.05) is 32.0 Å². The summed E-state index contributed by atoms with van der Waals surface area (Å²) in [6, 6.07) is 7.25. The number of hydrogen-bond donors (Lipinski definition) is 1. The summed E-state index contributed by atoms with van der Waals surface area (Å²) in [6.45, 7) is 4.15. The van der Waals surface area contributed by atoms with E-state index in [9.17, 15) is 13.5 Å². The highest BCUT2D eigenvalue weighted by Crippen LogP contribution is 2.28. The number of para-hydroxylation sites is 1. The molecule has 0 saturated carbocycles. The Balaban J connectivity index is 0.000000686. The number of nitrogens with zero attached hydrogens (tertiary/aromatic N) is 1. The van der Waals surface area contributed by atoms with Crippen molar-refractivity contribution in [3.05, 3.63) is 29.8 Å². The highest BCUT2D eigenvalue weighted by Gasteiger charge is 2.28. The van der Waals surface area contributed by atoms with Crippen LogP contribution in [0.2, 0.25) is 0 Å². The number of benzene rings is 1. The minimum atomic E-state index is -3.30. The molecule has 1 atom stereocenters. The first kappa shape index (κ1) is 14.0. The lowest BCUT2D eigenvalue weighted by molar-refractivity contribution is 0.180. The molecule has 17 heavy (non-hydrogen) atoms. The van der Waals surface area contributed by atoms with Crippen LogP contribution in [0.1, 0.15) is 19.4 Å². The van der Waals surface area contributed by atoms with E-state index < -0.39 is 16.1 Å². The zero-order chi connectivity index (χ0) is 13.1. The Morgan fingerprint density at radius 2 is 1.88 bits per heavy atom. The summed E-state index contributed by atoms with van der Waals surface area (Å²) < 4.78 is 24.3. The molecule has 0 fully saturated rings. The molecule has 1 aromatic rings. The lowest BCUT2D eigenvalue weighted by atomic mass is 10.0. The molecule has 0 radical (unpaired) electrons. The van der Waals surface area contributed by atoms with Crippen LogP contribution in [-0.4, -0.2) is 32.4 Å². The number of anilines is 1. The van der Waals surface area contributed by atoms with Gasteiger partial charge in [-0.15, -0.1) is 0 Å². The average Bonchev–Trinajstić information content (AvgIpc) is 2.29. The van der Waals surface area contributed by atoms with Crippen LogP contribution < -0.4 is 4.31 Å². The maximum atomic E-state index is 11.5. The van der Waals surface area contributed by atoms with Crippen LogP contribution in [0.15, 0.2) is 24.3 Å². The lowest BCUT2D eigenvalue weighted by Crippen LogP contribution is -2.41. The van der Waals surface area contributed by atoms with E-state index >= 15 is 0 Å². The van der Waals surface area contributed by atoms with E-state index in [1.807, 2.05) is 26.0 Å². The lowest BCUT2D eigenvalue weighted by Gasteiger charge is -2.31. The minimum absolute atomic E-state index is 0.149. The van der Waals surface area contributed by atoms with Gasteiger partial charge < -0.3 is 5.11 Å². The number of β-amino-alcohol motifs (C(OH)–C–C–N with tert-alkyl or cyclic N) is 1. The number of aliphatic hydroxyl groups excluding tert-OH is 1. The van der Waals surface area contributed by atoms with Crippen LogP contribution in [-0.2, 0) is 16.4 Å². The van der Waals surface area contributed by atoms with Gasteiger partial charge in [-0.05, 0) is 11.6 Å². The summed E-state index contributed by atoms with van der Waals surface area (Å²) in [5.41, 5.74) is 1.56. The fraction of sp³-hybridized carbons (Fsp3) is 0.500. The third kappa shape index (κ3) is 3.20. The first-order valence-electron chi connectivity index (χ1n) is 5.72. The van der Waals surface area contributed by atoms with E-state index in [2.05, 4.69) is 0 Å². The molecule has 0 aliphatic carbocycles. The second-order valence-electron chi connectivity index (χ2n) is 3.78. The van der Waals surface area contributed by atoms with Gasteiger partial charge in [0, 0.05) is 6.42 Å². The summed E-state index contributed by atoms with van der Waals surface area (Å²) in [4.78, 5) is 0. The molecule has 1 heterocycles. The molecule has 1 aliphatic heterocycles. The maximum absolute atomic E-state index is 11.5. The van der Waals surface area contributed by atoms with Crippen LogP contribution in [0.3, 0.4) is 0 Å². The first-order valence-corrected chi connectivity index (χ1v) is 7.57. The Bertz CT molecular complexity index is 470. The van der Waals surface area contributed by atoms with Crippen molar-refractivity contribution in [1.29, 1.82) is 0 Å². The molecule has 96 valence electrons. The SMILES string of the molecule is CC.CS(=O)(=O)N1C[C@H](O)Cc2ccccc21. The van der Waals surface area contributed by atoms with Gasteiger partial charge in [-0.25, -0.2) is 8.42 Å². The monoisotopic (exact) mass is 257 g/mol. The molecular formula is C12H19NO3S. The molecule has 0 aromatic heterocycles. The van der Waals surface area contributed by atoms with Crippen LogP contribution >= 0.6 is 0 Å². The zero-order valence-electron chi connectivity index (χ0n) is 10.4. The fourth-order valence-electron chi connectivity index (χ4n) is 1.85.